The number of rotatable bonds is 6. The first kappa shape index (κ1) is 28.1. The normalized spacial score (nSPS) is 13.3. The lowest BCUT2D eigenvalue weighted by molar-refractivity contribution is 0.506. The average molecular weight is 503 g/mol. The predicted molar refractivity (Wildman–Crippen MR) is 152 cm³/mol. The summed E-state index contributed by atoms with van der Waals surface area (Å²) in [7, 11) is -3.41. The van der Waals surface area contributed by atoms with Crippen molar-refractivity contribution in [1.82, 2.24) is 0 Å². The highest BCUT2D eigenvalue weighted by molar-refractivity contribution is 7.99. The smallest absolute Gasteiger partial charge is 0.242 e. The summed E-state index contributed by atoms with van der Waals surface area (Å²) in [5.74, 6) is 2.10. The molecule has 0 aliphatic rings. The Morgan fingerprint density at radius 1 is 0.576 bits per heavy atom. The van der Waals surface area contributed by atoms with E-state index in [1.54, 1.807) is 0 Å². The van der Waals surface area contributed by atoms with Crippen molar-refractivity contribution in [3.63, 3.8) is 0 Å². The SMILES string of the molecule is Cc1cc(O[Si](C)(C)C)c(C(C)(C)C)cc1Sc1cc(C(C)(C)C)c(O[Si](C)(C)C)cc1C. The Morgan fingerprint density at radius 3 is 1.12 bits per heavy atom. The molecule has 2 rings (SSSR count). The Bertz CT molecular complexity index is 920. The van der Waals surface area contributed by atoms with Crippen LogP contribution < -0.4 is 8.85 Å². The molecule has 0 atom stereocenters. The maximum atomic E-state index is 6.51. The molecule has 0 radical (unpaired) electrons. The van der Waals surface area contributed by atoms with Gasteiger partial charge in [-0.15, -0.1) is 0 Å². The number of benzene rings is 2. The summed E-state index contributed by atoms with van der Waals surface area (Å²) in [5, 5.41) is 0. The van der Waals surface area contributed by atoms with Gasteiger partial charge in [-0.2, -0.15) is 0 Å². The van der Waals surface area contributed by atoms with E-state index >= 15 is 0 Å². The Labute approximate surface area is 210 Å². The lowest BCUT2D eigenvalue weighted by Gasteiger charge is -2.30. The first-order valence-electron chi connectivity index (χ1n) is 12.0. The molecule has 0 aliphatic heterocycles. The molecule has 2 nitrogen and oxygen atoms in total. The van der Waals surface area contributed by atoms with Gasteiger partial charge in [-0.05, 0) is 110 Å². The van der Waals surface area contributed by atoms with Crippen molar-refractivity contribution in [1.29, 1.82) is 0 Å². The second kappa shape index (κ2) is 9.46. The molecule has 33 heavy (non-hydrogen) atoms. The Hall–Kier alpha value is -1.18. The average Bonchev–Trinajstić information content (AvgIpc) is 2.54. The van der Waals surface area contributed by atoms with E-state index in [1.807, 2.05) is 11.8 Å². The van der Waals surface area contributed by atoms with Gasteiger partial charge >= 0.3 is 0 Å². The zero-order valence-electron chi connectivity index (χ0n) is 23.5. The van der Waals surface area contributed by atoms with Gasteiger partial charge in [0.25, 0.3) is 0 Å². The van der Waals surface area contributed by atoms with Gasteiger partial charge in [0.05, 0.1) is 0 Å². The molecule has 0 spiro atoms. The summed E-state index contributed by atoms with van der Waals surface area (Å²) in [6, 6.07) is 9.23. The molecule has 2 aromatic rings. The van der Waals surface area contributed by atoms with Gasteiger partial charge < -0.3 is 8.85 Å². The van der Waals surface area contributed by atoms with Crippen LogP contribution in [0.5, 0.6) is 11.5 Å². The van der Waals surface area contributed by atoms with E-state index in [0.29, 0.717) is 0 Å². The van der Waals surface area contributed by atoms with Gasteiger partial charge in [-0.3, -0.25) is 0 Å². The molecule has 2 aromatic carbocycles. The van der Waals surface area contributed by atoms with Crippen molar-refractivity contribution < 1.29 is 8.85 Å². The molecule has 0 aromatic heterocycles. The van der Waals surface area contributed by atoms with Gasteiger partial charge in [-0.25, -0.2) is 0 Å². The van der Waals surface area contributed by atoms with Crippen molar-refractivity contribution in [3.8, 4) is 11.5 Å². The summed E-state index contributed by atoms with van der Waals surface area (Å²) >= 11 is 1.87. The van der Waals surface area contributed by atoms with Gasteiger partial charge in [0, 0.05) is 9.79 Å². The van der Waals surface area contributed by atoms with Crippen LogP contribution in [-0.4, -0.2) is 16.6 Å². The van der Waals surface area contributed by atoms with E-state index < -0.39 is 16.6 Å². The van der Waals surface area contributed by atoms with Crippen LogP contribution in [0, 0.1) is 13.8 Å². The highest BCUT2D eigenvalue weighted by Crippen LogP contribution is 2.43. The monoisotopic (exact) mass is 502 g/mol. The standard InChI is InChI=1S/C28H46O2SSi2/c1-19-15-23(29-32(9,10)11)21(27(3,4)5)17-25(19)31-26-18-22(28(6,7)8)24(16-20(26)2)30-33(12,13)14/h15-18H,1-14H3. The van der Waals surface area contributed by atoms with E-state index in [4.69, 9.17) is 8.85 Å². The molecular weight excluding hydrogens is 457 g/mol. The summed E-state index contributed by atoms with van der Waals surface area (Å²) in [6.45, 7) is 31.5. The predicted octanol–water partition coefficient (Wildman–Crippen LogP) is 9.48. The number of hydrogen-bond donors (Lipinski definition) is 0. The topological polar surface area (TPSA) is 18.5 Å². The summed E-state index contributed by atoms with van der Waals surface area (Å²) < 4.78 is 13.0. The molecule has 0 amide bonds. The molecule has 0 unspecified atom stereocenters. The third-order valence-corrected chi connectivity index (χ3v) is 8.21. The van der Waals surface area contributed by atoms with Crippen molar-refractivity contribution >= 4 is 28.4 Å². The first-order valence-corrected chi connectivity index (χ1v) is 19.7. The lowest BCUT2D eigenvalue weighted by atomic mass is 9.86. The van der Waals surface area contributed by atoms with Crippen LogP contribution in [0.25, 0.3) is 0 Å². The summed E-state index contributed by atoms with van der Waals surface area (Å²) in [6.07, 6.45) is 0. The van der Waals surface area contributed by atoms with Crippen molar-refractivity contribution in [3.05, 3.63) is 46.5 Å². The van der Waals surface area contributed by atoms with Crippen LogP contribution in [0.1, 0.15) is 63.8 Å². The number of aryl methyl sites for hydroxylation is 2. The second-order valence-corrected chi connectivity index (χ2v) is 23.2. The van der Waals surface area contributed by atoms with Crippen molar-refractivity contribution in [2.45, 2.75) is 115 Å². The van der Waals surface area contributed by atoms with Crippen LogP contribution >= 0.6 is 11.8 Å². The van der Waals surface area contributed by atoms with Crippen LogP contribution in [0.4, 0.5) is 0 Å². The Kier molecular flexibility index (Phi) is 8.05. The molecule has 5 heteroatoms. The summed E-state index contributed by atoms with van der Waals surface area (Å²) in [4.78, 5) is 2.59. The fourth-order valence-corrected chi connectivity index (χ4v) is 6.35. The molecule has 0 aliphatic carbocycles. The van der Waals surface area contributed by atoms with E-state index in [-0.39, 0.29) is 10.8 Å². The van der Waals surface area contributed by atoms with Gasteiger partial charge in [0.1, 0.15) is 11.5 Å². The Balaban J connectivity index is 2.60. The fourth-order valence-electron chi connectivity index (χ4n) is 3.66. The highest BCUT2D eigenvalue weighted by atomic mass is 32.2. The molecule has 0 bridgehead atoms. The van der Waals surface area contributed by atoms with E-state index in [2.05, 4.69) is 119 Å². The molecular formula is C28H46O2SSi2. The molecule has 0 saturated carbocycles. The third-order valence-electron chi connectivity index (χ3n) is 5.22. The molecule has 0 fully saturated rings. The van der Waals surface area contributed by atoms with Gasteiger partial charge in [0.15, 0.2) is 0 Å². The molecule has 0 N–H and O–H groups in total. The van der Waals surface area contributed by atoms with Crippen LogP contribution in [0.3, 0.4) is 0 Å². The summed E-state index contributed by atoms with van der Waals surface area (Å²) in [5.41, 5.74) is 5.12. The van der Waals surface area contributed by atoms with Crippen LogP contribution in [0.15, 0.2) is 34.1 Å². The van der Waals surface area contributed by atoms with Gasteiger partial charge in [0.2, 0.25) is 16.6 Å². The maximum Gasteiger partial charge on any atom is 0.242 e. The van der Waals surface area contributed by atoms with E-state index in [9.17, 15) is 0 Å². The minimum absolute atomic E-state index is 0.0125. The van der Waals surface area contributed by atoms with Crippen LogP contribution in [-0.2, 0) is 10.8 Å². The molecule has 184 valence electrons. The lowest BCUT2D eigenvalue weighted by Crippen LogP contribution is -2.31. The minimum Gasteiger partial charge on any atom is -0.544 e. The first-order chi connectivity index (χ1) is 14.7. The third kappa shape index (κ3) is 7.93. The van der Waals surface area contributed by atoms with Crippen molar-refractivity contribution in [2.24, 2.45) is 0 Å². The largest absolute Gasteiger partial charge is 0.544 e. The zero-order chi connectivity index (χ0) is 25.6. The van der Waals surface area contributed by atoms with Gasteiger partial charge in [-0.1, -0.05) is 53.3 Å². The van der Waals surface area contributed by atoms with E-state index in [1.165, 1.54) is 32.0 Å². The zero-order valence-corrected chi connectivity index (χ0v) is 26.4. The highest BCUT2D eigenvalue weighted by Gasteiger charge is 2.27. The second-order valence-electron chi connectivity index (χ2n) is 13.3. The quantitative estimate of drug-likeness (QED) is 0.366. The molecule has 0 heterocycles. The Morgan fingerprint density at radius 2 is 0.879 bits per heavy atom. The van der Waals surface area contributed by atoms with Crippen molar-refractivity contribution in [2.75, 3.05) is 0 Å². The molecule has 0 saturated heterocycles. The van der Waals surface area contributed by atoms with E-state index in [0.717, 1.165) is 11.5 Å². The fraction of sp³-hybridized carbons (Fsp3) is 0.571. The van der Waals surface area contributed by atoms with Crippen LogP contribution in [0.2, 0.25) is 39.3 Å². The minimum atomic E-state index is -1.70. The number of hydrogen-bond acceptors (Lipinski definition) is 3. The maximum absolute atomic E-state index is 6.51.